The Balaban J connectivity index is 2.24. The lowest BCUT2D eigenvalue weighted by molar-refractivity contribution is 0.155. The third kappa shape index (κ3) is 1.41. The zero-order chi connectivity index (χ0) is 12.3. The summed E-state index contributed by atoms with van der Waals surface area (Å²) in [5.41, 5.74) is 1.21. The highest BCUT2D eigenvalue weighted by atomic mass is 14.7. The Morgan fingerprint density at radius 1 is 1.00 bits per heavy atom. The minimum atomic E-state index is 0.536. The van der Waals surface area contributed by atoms with Gasteiger partial charge in [-0.25, -0.2) is 0 Å². The summed E-state index contributed by atoms with van der Waals surface area (Å²) < 4.78 is 0. The predicted molar refractivity (Wildman–Crippen MR) is 71.3 cm³/mol. The van der Waals surface area contributed by atoms with E-state index in [0.29, 0.717) is 10.8 Å². The van der Waals surface area contributed by atoms with Crippen LogP contribution in [-0.2, 0) is 0 Å². The summed E-state index contributed by atoms with van der Waals surface area (Å²) >= 11 is 0. The van der Waals surface area contributed by atoms with E-state index in [2.05, 4.69) is 48.5 Å². The quantitative estimate of drug-likeness (QED) is 0.617. The van der Waals surface area contributed by atoms with Crippen LogP contribution in [-0.4, -0.2) is 0 Å². The molecule has 0 N–H and O–H groups in total. The van der Waals surface area contributed by atoms with E-state index in [-0.39, 0.29) is 0 Å². The summed E-state index contributed by atoms with van der Waals surface area (Å²) in [4.78, 5) is 0. The Labute approximate surface area is 102 Å². The number of rotatable bonds is 2. The Hall–Kier alpha value is 0. The zero-order valence-electron chi connectivity index (χ0n) is 12.3. The van der Waals surface area contributed by atoms with Crippen molar-refractivity contribution >= 4 is 0 Å². The highest BCUT2D eigenvalue weighted by Crippen LogP contribution is 2.69. The summed E-state index contributed by atoms with van der Waals surface area (Å²) in [6, 6.07) is 0. The van der Waals surface area contributed by atoms with E-state index in [9.17, 15) is 0 Å². The van der Waals surface area contributed by atoms with Gasteiger partial charge in [0.1, 0.15) is 0 Å². The van der Waals surface area contributed by atoms with Gasteiger partial charge >= 0.3 is 0 Å². The summed E-state index contributed by atoms with van der Waals surface area (Å²) in [5.74, 6) is 4.65. The maximum Gasteiger partial charge on any atom is -0.0261 e. The van der Waals surface area contributed by atoms with Crippen LogP contribution in [0.2, 0.25) is 0 Å². The van der Waals surface area contributed by atoms with Gasteiger partial charge in [0.05, 0.1) is 0 Å². The maximum atomic E-state index is 2.56. The van der Waals surface area contributed by atoms with Crippen LogP contribution in [0.15, 0.2) is 0 Å². The highest BCUT2D eigenvalue weighted by Gasteiger charge is 2.62. The first-order valence-electron chi connectivity index (χ1n) is 7.26. The molecule has 2 aliphatic carbocycles. The second-order valence-electron chi connectivity index (χ2n) is 7.60. The second-order valence-corrected chi connectivity index (χ2v) is 7.60. The van der Waals surface area contributed by atoms with E-state index >= 15 is 0 Å². The molecule has 0 aromatic rings. The van der Waals surface area contributed by atoms with Crippen molar-refractivity contribution in [2.75, 3.05) is 0 Å². The van der Waals surface area contributed by atoms with Crippen molar-refractivity contribution in [1.29, 1.82) is 0 Å². The van der Waals surface area contributed by atoms with Crippen molar-refractivity contribution in [3.8, 4) is 0 Å². The van der Waals surface area contributed by atoms with E-state index in [1.165, 1.54) is 12.8 Å². The van der Waals surface area contributed by atoms with Gasteiger partial charge in [-0.05, 0) is 46.8 Å². The lowest BCUT2D eigenvalue weighted by Crippen LogP contribution is -2.27. The first-order valence-corrected chi connectivity index (χ1v) is 7.26. The van der Waals surface area contributed by atoms with Crippen LogP contribution in [0.4, 0.5) is 0 Å². The molecule has 16 heavy (non-hydrogen) atoms. The van der Waals surface area contributed by atoms with Gasteiger partial charge in [-0.15, -0.1) is 0 Å². The van der Waals surface area contributed by atoms with Crippen LogP contribution in [0.25, 0.3) is 0 Å². The average Bonchev–Trinajstić information content (AvgIpc) is 2.84. The minimum Gasteiger partial charge on any atom is -0.0651 e. The lowest BCUT2D eigenvalue weighted by atomic mass is 9.72. The van der Waals surface area contributed by atoms with E-state index < -0.39 is 0 Å². The van der Waals surface area contributed by atoms with Crippen LogP contribution >= 0.6 is 0 Å². The summed E-state index contributed by atoms with van der Waals surface area (Å²) in [5, 5.41) is 0. The van der Waals surface area contributed by atoms with Crippen molar-refractivity contribution in [3.63, 3.8) is 0 Å². The van der Waals surface area contributed by atoms with Crippen LogP contribution in [0.5, 0.6) is 0 Å². The summed E-state index contributed by atoms with van der Waals surface area (Å²) in [7, 11) is 0. The SMILES string of the molecule is CCC1CC1(C)C1C(C)C(C)C(C)(C)C1C. The van der Waals surface area contributed by atoms with Gasteiger partial charge in [-0.3, -0.25) is 0 Å². The molecule has 0 bridgehead atoms. The molecule has 0 heteroatoms. The van der Waals surface area contributed by atoms with E-state index in [1.807, 2.05) is 0 Å². The molecule has 2 rings (SSSR count). The Morgan fingerprint density at radius 3 is 1.88 bits per heavy atom. The van der Waals surface area contributed by atoms with Crippen molar-refractivity contribution in [3.05, 3.63) is 0 Å². The normalized spacial score (nSPS) is 55.3. The largest absolute Gasteiger partial charge is 0.0651 e. The molecule has 2 fully saturated rings. The van der Waals surface area contributed by atoms with Gasteiger partial charge < -0.3 is 0 Å². The fourth-order valence-corrected chi connectivity index (χ4v) is 4.98. The molecule has 2 aliphatic rings. The molecule has 0 saturated heterocycles. The van der Waals surface area contributed by atoms with Crippen LogP contribution in [0.1, 0.15) is 61.3 Å². The third-order valence-corrected chi connectivity index (χ3v) is 6.95. The molecule has 0 spiro atoms. The van der Waals surface area contributed by atoms with Crippen molar-refractivity contribution in [1.82, 2.24) is 0 Å². The standard InChI is InChI=1S/C16H30/c1-8-13-9-16(13,7)14-10(2)11(3)15(5,6)12(14)4/h10-14H,8-9H2,1-7H3. The molecule has 0 aromatic heterocycles. The molecular formula is C16H30. The second kappa shape index (κ2) is 3.50. The fourth-order valence-electron chi connectivity index (χ4n) is 4.98. The molecule has 94 valence electrons. The van der Waals surface area contributed by atoms with Crippen molar-refractivity contribution in [2.24, 2.45) is 40.4 Å². The van der Waals surface area contributed by atoms with E-state index in [0.717, 1.165) is 29.6 Å². The van der Waals surface area contributed by atoms with Gasteiger partial charge in [-0.1, -0.05) is 54.9 Å². The van der Waals surface area contributed by atoms with Gasteiger partial charge in [0, 0.05) is 0 Å². The van der Waals surface area contributed by atoms with Gasteiger partial charge in [0.25, 0.3) is 0 Å². The number of hydrogen-bond donors (Lipinski definition) is 0. The van der Waals surface area contributed by atoms with Crippen molar-refractivity contribution in [2.45, 2.75) is 61.3 Å². The maximum absolute atomic E-state index is 2.56. The molecule has 2 saturated carbocycles. The predicted octanol–water partition coefficient (Wildman–Crippen LogP) is 4.99. The highest BCUT2D eigenvalue weighted by molar-refractivity contribution is 5.11. The average molecular weight is 222 g/mol. The smallest absolute Gasteiger partial charge is 0.0261 e. The molecule has 0 aromatic carbocycles. The van der Waals surface area contributed by atoms with E-state index in [4.69, 9.17) is 0 Å². The van der Waals surface area contributed by atoms with Gasteiger partial charge in [0.15, 0.2) is 0 Å². The lowest BCUT2D eigenvalue weighted by Gasteiger charge is -2.33. The molecule has 0 heterocycles. The zero-order valence-corrected chi connectivity index (χ0v) is 12.3. The van der Waals surface area contributed by atoms with Crippen LogP contribution in [0, 0.1) is 40.4 Å². The van der Waals surface area contributed by atoms with Gasteiger partial charge in [-0.2, -0.15) is 0 Å². The first-order chi connectivity index (χ1) is 7.26. The molecule has 0 amide bonds. The molecule has 0 aliphatic heterocycles. The minimum absolute atomic E-state index is 0.536. The molecule has 0 nitrogen and oxygen atoms in total. The monoisotopic (exact) mass is 222 g/mol. The number of hydrogen-bond acceptors (Lipinski definition) is 0. The van der Waals surface area contributed by atoms with Crippen LogP contribution < -0.4 is 0 Å². The molecular weight excluding hydrogens is 192 g/mol. The fraction of sp³-hybridized carbons (Fsp3) is 1.00. The Bertz CT molecular complexity index is 278. The summed E-state index contributed by atoms with van der Waals surface area (Å²) in [6.45, 7) is 17.4. The molecule has 6 atom stereocenters. The first kappa shape index (κ1) is 12.5. The Morgan fingerprint density at radius 2 is 1.56 bits per heavy atom. The Kier molecular flexibility index (Phi) is 2.72. The van der Waals surface area contributed by atoms with Crippen molar-refractivity contribution < 1.29 is 0 Å². The molecule has 6 unspecified atom stereocenters. The molecule has 0 radical (unpaired) electrons. The van der Waals surface area contributed by atoms with Crippen LogP contribution in [0.3, 0.4) is 0 Å². The third-order valence-electron chi connectivity index (χ3n) is 6.95. The topological polar surface area (TPSA) is 0 Å². The van der Waals surface area contributed by atoms with Gasteiger partial charge in [0.2, 0.25) is 0 Å². The van der Waals surface area contributed by atoms with E-state index in [1.54, 1.807) is 0 Å². The summed E-state index contributed by atoms with van der Waals surface area (Å²) in [6.07, 6.45) is 2.88.